The molecule has 3 N–H and O–H groups in total. The Morgan fingerprint density at radius 1 is 1.06 bits per heavy atom. The SMILES string of the molecule is Cc1cc(C)c(CCNCC(C)(C)N)cc1C. The van der Waals surface area contributed by atoms with E-state index in [9.17, 15) is 0 Å². The lowest BCUT2D eigenvalue weighted by Crippen LogP contribution is -2.43. The minimum Gasteiger partial charge on any atom is -0.324 e. The van der Waals surface area contributed by atoms with Gasteiger partial charge in [0.2, 0.25) is 0 Å². The van der Waals surface area contributed by atoms with Crippen molar-refractivity contribution in [3.05, 3.63) is 34.4 Å². The third kappa shape index (κ3) is 4.88. The van der Waals surface area contributed by atoms with Crippen molar-refractivity contribution in [1.29, 1.82) is 0 Å². The summed E-state index contributed by atoms with van der Waals surface area (Å²) in [6.07, 6.45) is 1.07. The summed E-state index contributed by atoms with van der Waals surface area (Å²) in [5, 5.41) is 3.41. The summed E-state index contributed by atoms with van der Waals surface area (Å²) in [6, 6.07) is 4.58. The lowest BCUT2D eigenvalue weighted by Gasteiger charge is -2.19. The van der Waals surface area contributed by atoms with Crippen LogP contribution in [0.4, 0.5) is 0 Å². The Hall–Kier alpha value is -0.860. The van der Waals surface area contributed by atoms with Gasteiger partial charge in [-0.15, -0.1) is 0 Å². The normalized spacial score (nSPS) is 11.9. The Morgan fingerprint density at radius 3 is 2.24 bits per heavy atom. The van der Waals surface area contributed by atoms with Crippen LogP contribution in [0.3, 0.4) is 0 Å². The standard InChI is InChI=1S/C15H26N2/c1-11-8-13(3)14(9-12(11)2)6-7-17-10-15(4,5)16/h8-9,17H,6-7,10,16H2,1-5H3. The highest BCUT2D eigenvalue weighted by atomic mass is 14.9. The first-order valence-corrected chi connectivity index (χ1v) is 6.36. The number of nitrogens with two attached hydrogens (primary N) is 1. The molecule has 0 spiro atoms. The Kier molecular flexibility index (Phi) is 4.72. The predicted molar refractivity (Wildman–Crippen MR) is 75.5 cm³/mol. The van der Waals surface area contributed by atoms with E-state index in [0.29, 0.717) is 0 Å². The van der Waals surface area contributed by atoms with E-state index in [0.717, 1.165) is 19.5 Å². The molecule has 2 heteroatoms. The van der Waals surface area contributed by atoms with Crippen molar-refractivity contribution < 1.29 is 0 Å². The van der Waals surface area contributed by atoms with Crippen LogP contribution in [0.2, 0.25) is 0 Å². The topological polar surface area (TPSA) is 38.0 Å². The van der Waals surface area contributed by atoms with Gasteiger partial charge in [0.25, 0.3) is 0 Å². The molecule has 0 saturated carbocycles. The maximum Gasteiger partial charge on any atom is 0.0223 e. The summed E-state index contributed by atoms with van der Waals surface area (Å²) in [5.74, 6) is 0. The third-order valence-corrected chi connectivity index (χ3v) is 3.10. The summed E-state index contributed by atoms with van der Waals surface area (Å²) in [6.45, 7) is 12.5. The van der Waals surface area contributed by atoms with Gasteiger partial charge in [0.05, 0.1) is 0 Å². The van der Waals surface area contributed by atoms with Crippen molar-refractivity contribution in [3.63, 3.8) is 0 Å². The third-order valence-electron chi connectivity index (χ3n) is 3.10. The van der Waals surface area contributed by atoms with Crippen LogP contribution in [0.5, 0.6) is 0 Å². The Bertz CT molecular complexity index is 375. The number of rotatable bonds is 5. The first-order valence-electron chi connectivity index (χ1n) is 6.36. The largest absolute Gasteiger partial charge is 0.324 e. The number of hydrogen-bond acceptors (Lipinski definition) is 2. The van der Waals surface area contributed by atoms with Crippen LogP contribution in [-0.2, 0) is 6.42 Å². The van der Waals surface area contributed by atoms with Crippen molar-refractivity contribution in [2.24, 2.45) is 5.73 Å². The van der Waals surface area contributed by atoms with Crippen molar-refractivity contribution in [3.8, 4) is 0 Å². The maximum atomic E-state index is 5.93. The van der Waals surface area contributed by atoms with Gasteiger partial charge < -0.3 is 11.1 Å². The second kappa shape index (κ2) is 5.65. The molecule has 0 bridgehead atoms. The number of aryl methyl sites for hydroxylation is 3. The van der Waals surface area contributed by atoms with Crippen LogP contribution in [0.15, 0.2) is 12.1 Å². The predicted octanol–water partition coefficient (Wildman–Crippen LogP) is 2.48. The van der Waals surface area contributed by atoms with Gasteiger partial charge in [-0.05, 0) is 69.8 Å². The monoisotopic (exact) mass is 234 g/mol. The van der Waals surface area contributed by atoms with E-state index in [1.165, 1.54) is 22.3 Å². The Balaban J connectivity index is 2.50. The molecule has 17 heavy (non-hydrogen) atoms. The summed E-state index contributed by atoms with van der Waals surface area (Å²) in [5.41, 5.74) is 11.4. The van der Waals surface area contributed by atoms with Crippen LogP contribution in [0.1, 0.15) is 36.1 Å². The van der Waals surface area contributed by atoms with E-state index in [1.807, 2.05) is 13.8 Å². The van der Waals surface area contributed by atoms with E-state index in [1.54, 1.807) is 0 Å². The van der Waals surface area contributed by atoms with Crippen LogP contribution < -0.4 is 11.1 Å². The van der Waals surface area contributed by atoms with Gasteiger partial charge in [0, 0.05) is 12.1 Å². The zero-order valence-electron chi connectivity index (χ0n) is 11.9. The van der Waals surface area contributed by atoms with Crippen molar-refractivity contribution >= 4 is 0 Å². The molecule has 0 amide bonds. The van der Waals surface area contributed by atoms with Gasteiger partial charge in [-0.3, -0.25) is 0 Å². The highest BCUT2D eigenvalue weighted by molar-refractivity contribution is 5.36. The average molecular weight is 234 g/mol. The van der Waals surface area contributed by atoms with Crippen LogP contribution >= 0.6 is 0 Å². The van der Waals surface area contributed by atoms with Gasteiger partial charge in [-0.2, -0.15) is 0 Å². The van der Waals surface area contributed by atoms with Crippen molar-refractivity contribution in [2.45, 2.75) is 46.6 Å². The molecule has 0 aromatic heterocycles. The molecular weight excluding hydrogens is 208 g/mol. The first-order chi connectivity index (χ1) is 7.79. The highest BCUT2D eigenvalue weighted by Crippen LogP contribution is 2.15. The maximum absolute atomic E-state index is 5.93. The molecule has 2 nitrogen and oxygen atoms in total. The van der Waals surface area contributed by atoms with Crippen LogP contribution in [0, 0.1) is 20.8 Å². The van der Waals surface area contributed by atoms with E-state index >= 15 is 0 Å². The van der Waals surface area contributed by atoms with E-state index in [4.69, 9.17) is 5.73 Å². The molecule has 0 saturated heterocycles. The molecule has 1 aromatic rings. The van der Waals surface area contributed by atoms with E-state index in [-0.39, 0.29) is 5.54 Å². The van der Waals surface area contributed by atoms with Gasteiger partial charge in [-0.1, -0.05) is 12.1 Å². The molecule has 0 aliphatic carbocycles. The lowest BCUT2D eigenvalue weighted by molar-refractivity contribution is 0.469. The number of benzene rings is 1. The molecule has 1 aromatic carbocycles. The molecule has 0 radical (unpaired) electrons. The van der Waals surface area contributed by atoms with Gasteiger partial charge in [-0.25, -0.2) is 0 Å². The van der Waals surface area contributed by atoms with Gasteiger partial charge in [0.15, 0.2) is 0 Å². The van der Waals surface area contributed by atoms with Gasteiger partial charge >= 0.3 is 0 Å². The van der Waals surface area contributed by atoms with Crippen molar-refractivity contribution in [2.75, 3.05) is 13.1 Å². The molecule has 0 fully saturated rings. The van der Waals surface area contributed by atoms with Crippen LogP contribution in [-0.4, -0.2) is 18.6 Å². The molecule has 1 rings (SSSR count). The lowest BCUT2D eigenvalue weighted by atomic mass is 9.99. The molecule has 0 heterocycles. The van der Waals surface area contributed by atoms with Crippen LogP contribution in [0.25, 0.3) is 0 Å². The van der Waals surface area contributed by atoms with Gasteiger partial charge in [0.1, 0.15) is 0 Å². The minimum atomic E-state index is -0.127. The second-order valence-corrected chi connectivity index (χ2v) is 5.78. The number of nitrogens with one attached hydrogen (secondary N) is 1. The van der Waals surface area contributed by atoms with Crippen molar-refractivity contribution in [1.82, 2.24) is 5.32 Å². The Morgan fingerprint density at radius 2 is 1.65 bits per heavy atom. The molecule has 0 aliphatic heterocycles. The molecular formula is C15H26N2. The summed E-state index contributed by atoms with van der Waals surface area (Å²) in [7, 11) is 0. The minimum absolute atomic E-state index is 0.127. The second-order valence-electron chi connectivity index (χ2n) is 5.78. The molecule has 0 aliphatic rings. The smallest absolute Gasteiger partial charge is 0.0223 e. The van der Waals surface area contributed by atoms with E-state index < -0.39 is 0 Å². The molecule has 96 valence electrons. The molecule has 0 unspecified atom stereocenters. The zero-order valence-corrected chi connectivity index (χ0v) is 11.9. The number of hydrogen-bond donors (Lipinski definition) is 2. The highest BCUT2D eigenvalue weighted by Gasteiger charge is 2.09. The summed E-state index contributed by atoms with van der Waals surface area (Å²) < 4.78 is 0. The fourth-order valence-corrected chi connectivity index (χ4v) is 1.92. The van der Waals surface area contributed by atoms with E-state index in [2.05, 4.69) is 38.2 Å². The quantitative estimate of drug-likeness (QED) is 0.768. The molecule has 0 atom stereocenters. The summed E-state index contributed by atoms with van der Waals surface area (Å²) in [4.78, 5) is 0. The fraction of sp³-hybridized carbons (Fsp3) is 0.600. The summed E-state index contributed by atoms with van der Waals surface area (Å²) >= 11 is 0. The Labute approximate surface area is 106 Å². The zero-order chi connectivity index (χ0) is 13.1. The fourth-order valence-electron chi connectivity index (χ4n) is 1.92. The average Bonchev–Trinajstić information content (AvgIpc) is 2.18. The first kappa shape index (κ1) is 14.2.